The van der Waals surface area contributed by atoms with Crippen molar-refractivity contribution in [2.45, 2.75) is 46.1 Å². The molecule has 0 aromatic rings. The van der Waals surface area contributed by atoms with Gasteiger partial charge in [-0.2, -0.15) is 0 Å². The van der Waals surface area contributed by atoms with Crippen molar-refractivity contribution in [3.05, 3.63) is 0 Å². The van der Waals surface area contributed by atoms with Crippen LogP contribution in [0.2, 0.25) is 0 Å². The van der Waals surface area contributed by atoms with Crippen LogP contribution in [0.1, 0.15) is 40.0 Å². The molecule has 0 radical (unpaired) electrons. The summed E-state index contributed by atoms with van der Waals surface area (Å²) in [5.74, 6) is 6.61. The number of unbranched alkanes of at least 4 members (excludes halogenated alkanes) is 2. The van der Waals surface area contributed by atoms with Gasteiger partial charge in [0, 0.05) is 6.42 Å². The van der Waals surface area contributed by atoms with E-state index in [0.717, 1.165) is 6.42 Å². The van der Waals surface area contributed by atoms with Crippen molar-refractivity contribution in [1.82, 2.24) is 0 Å². The molecule has 1 heteroatoms. The fraction of sp³-hybridized carbons (Fsp3) is 0.800. The number of nitrogens with two attached hydrogens (primary N) is 1. The maximum absolute atomic E-state index is 5.73. The molecule has 11 heavy (non-hydrogen) atoms. The van der Waals surface area contributed by atoms with E-state index in [1.54, 1.807) is 0 Å². The summed E-state index contributed by atoms with van der Waals surface area (Å²) < 4.78 is 0. The fourth-order valence-corrected chi connectivity index (χ4v) is 0.622. The number of hydrogen-bond donors (Lipinski definition) is 1. The Bertz CT molecular complexity index is 139. The number of rotatable bonds is 3. The molecule has 0 fully saturated rings. The molecule has 0 aliphatic carbocycles. The zero-order valence-corrected chi connectivity index (χ0v) is 7.85. The largest absolute Gasteiger partial charge is 0.317 e. The monoisotopic (exact) mass is 153 g/mol. The van der Waals surface area contributed by atoms with Crippen molar-refractivity contribution in [2.75, 3.05) is 0 Å². The van der Waals surface area contributed by atoms with Crippen molar-refractivity contribution in [2.24, 2.45) is 11.7 Å². The van der Waals surface area contributed by atoms with Crippen molar-refractivity contribution in [3.63, 3.8) is 0 Å². The van der Waals surface area contributed by atoms with E-state index in [-0.39, 0.29) is 6.04 Å². The van der Waals surface area contributed by atoms with E-state index in [1.807, 2.05) is 0 Å². The third kappa shape index (κ3) is 5.94. The molecule has 2 N–H and O–H groups in total. The Morgan fingerprint density at radius 1 is 1.36 bits per heavy atom. The van der Waals surface area contributed by atoms with Gasteiger partial charge < -0.3 is 5.73 Å². The van der Waals surface area contributed by atoms with Gasteiger partial charge in [-0.05, 0) is 12.3 Å². The minimum Gasteiger partial charge on any atom is -0.317 e. The van der Waals surface area contributed by atoms with Crippen LogP contribution in [0.5, 0.6) is 0 Å². The summed E-state index contributed by atoms with van der Waals surface area (Å²) in [7, 11) is 0. The summed E-state index contributed by atoms with van der Waals surface area (Å²) in [4.78, 5) is 0. The van der Waals surface area contributed by atoms with Gasteiger partial charge in [-0.15, -0.1) is 5.92 Å². The molecule has 1 unspecified atom stereocenters. The highest BCUT2D eigenvalue weighted by atomic mass is 14.6. The molecular formula is C10H19N. The summed E-state index contributed by atoms with van der Waals surface area (Å²) in [6.07, 6.45) is 3.40. The van der Waals surface area contributed by atoms with Crippen molar-refractivity contribution in [1.29, 1.82) is 0 Å². The first-order valence-corrected chi connectivity index (χ1v) is 4.42. The lowest BCUT2D eigenvalue weighted by Gasteiger charge is -2.06. The average Bonchev–Trinajstić information content (AvgIpc) is 1.97. The van der Waals surface area contributed by atoms with Gasteiger partial charge in [-0.1, -0.05) is 33.1 Å². The molecule has 0 saturated heterocycles. The van der Waals surface area contributed by atoms with Crippen molar-refractivity contribution < 1.29 is 0 Å². The van der Waals surface area contributed by atoms with Gasteiger partial charge in [-0.3, -0.25) is 0 Å². The Kier molecular flexibility index (Phi) is 5.97. The minimum atomic E-state index is 0.0619. The third-order valence-electron chi connectivity index (χ3n) is 1.64. The predicted molar refractivity (Wildman–Crippen MR) is 50.1 cm³/mol. The maximum atomic E-state index is 5.73. The highest BCUT2D eigenvalue weighted by molar-refractivity contribution is 5.07. The van der Waals surface area contributed by atoms with Gasteiger partial charge in [-0.25, -0.2) is 0 Å². The van der Waals surface area contributed by atoms with Crippen LogP contribution >= 0.6 is 0 Å². The Morgan fingerprint density at radius 2 is 2.00 bits per heavy atom. The Labute approximate surface area is 70.4 Å². The molecule has 64 valence electrons. The zero-order chi connectivity index (χ0) is 8.69. The van der Waals surface area contributed by atoms with E-state index in [4.69, 9.17) is 5.73 Å². The van der Waals surface area contributed by atoms with Gasteiger partial charge in [0.05, 0.1) is 6.04 Å². The molecule has 1 nitrogen and oxygen atoms in total. The first-order valence-electron chi connectivity index (χ1n) is 4.42. The van der Waals surface area contributed by atoms with Crippen LogP contribution in [0.4, 0.5) is 0 Å². The molecular weight excluding hydrogens is 134 g/mol. The molecule has 0 bridgehead atoms. The molecule has 0 aromatic carbocycles. The average molecular weight is 153 g/mol. The fourth-order valence-electron chi connectivity index (χ4n) is 0.622. The summed E-state index contributed by atoms with van der Waals surface area (Å²) in [6, 6.07) is 0.0619. The van der Waals surface area contributed by atoms with E-state index in [2.05, 4.69) is 32.6 Å². The maximum Gasteiger partial charge on any atom is 0.0687 e. The molecule has 1 atom stereocenters. The van der Waals surface area contributed by atoms with Crippen molar-refractivity contribution in [3.8, 4) is 11.8 Å². The van der Waals surface area contributed by atoms with E-state index in [1.165, 1.54) is 12.8 Å². The van der Waals surface area contributed by atoms with Gasteiger partial charge >= 0.3 is 0 Å². The Hall–Kier alpha value is -0.480. The standard InChI is InChI=1S/C10H19N/c1-4-5-6-7-8-10(11)9(2)3/h9-10H,4-6,11H2,1-3H3. The topological polar surface area (TPSA) is 26.0 Å². The summed E-state index contributed by atoms with van der Waals surface area (Å²) in [6.45, 7) is 6.36. The number of hydrogen-bond acceptors (Lipinski definition) is 1. The Balaban J connectivity index is 3.51. The second kappa shape index (κ2) is 6.24. The van der Waals surface area contributed by atoms with Crippen LogP contribution in [-0.2, 0) is 0 Å². The lowest BCUT2D eigenvalue weighted by molar-refractivity contribution is 0.584. The summed E-state index contributed by atoms with van der Waals surface area (Å²) >= 11 is 0. The van der Waals surface area contributed by atoms with Crippen LogP contribution in [0.15, 0.2) is 0 Å². The van der Waals surface area contributed by atoms with Crippen LogP contribution in [0.3, 0.4) is 0 Å². The minimum absolute atomic E-state index is 0.0619. The Morgan fingerprint density at radius 3 is 2.45 bits per heavy atom. The van der Waals surface area contributed by atoms with Gasteiger partial charge in [0.2, 0.25) is 0 Å². The normalized spacial score (nSPS) is 12.5. The molecule has 0 aromatic heterocycles. The first kappa shape index (κ1) is 10.5. The quantitative estimate of drug-likeness (QED) is 0.488. The van der Waals surface area contributed by atoms with E-state index < -0.39 is 0 Å². The molecule has 0 spiro atoms. The van der Waals surface area contributed by atoms with E-state index >= 15 is 0 Å². The van der Waals surface area contributed by atoms with Gasteiger partial charge in [0.15, 0.2) is 0 Å². The molecule has 0 rings (SSSR count). The second-order valence-electron chi connectivity index (χ2n) is 3.19. The van der Waals surface area contributed by atoms with Crippen LogP contribution < -0.4 is 5.73 Å². The third-order valence-corrected chi connectivity index (χ3v) is 1.64. The molecule has 0 heterocycles. The van der Waals surface area contributed by atoms with Crippen LogP contribution in [0, 0.1) is 17.8 Å². The smallest absolute Gasteiger partial charge is 0.0687 e. The molecule has 0 aliphatic heterocycles. The molecule has 0 saturated carbocycles. The molecule has 0 amide bonds. The van der Waals surface area contributed by atoms with Gasteiger partial charge in [0.1, 0.15) is 0 Å². The van der Waals surface area contributed by atoms with E-state index in [0.29, 0.717) is 5.92 Å². The second-order valence-corrected chi connectivity index (χ2v) is 3.19. The first-order chi connectivity index (χ1) is 5.18. The van der Waals surface area contributed by atoms with Gasteiger partial charge in [0.25, 0.3) is 0 Å². The lowest BCUT2D eigenvalue weighted by Crippen LogP contribution is -2.23. The zero-order valence-electron chi connectivity index (χ0n) is 7.85. The van der Waals surface area contributed by atoms with Crippen molar-refractivity contribution >= 4 is 0 Å². The summed E-state index contributed by atoms with van der Waals surface area (Å²) in [5, 5.41) is 0. The SMILES string of the molecule is CCCCC#CC(N)C(C)C. The molecule has 0 aliphatic rings. The highest BCUT2D eigenvalue weighted by Crippen LogP contribution is 1.96. The van der Waals surface area contributed by atoms with Crippen LogP contribution in [0.25, 0.3) is 0 Å². The summed E-state index contributed by atoms with van der Waals surface area (Å²) in [5.41, 5.74) is 5.73. The van der Waals surface area contributed by atoms with Crippen LogP contribution in [-0.4, -0.2) is 6.04 Å². The van der Waals surface area contributed by atoms with E-state index in [9.17, 15) is 0 Å². The lowest BCUT2D eigenvalue weighted by atomic mass is 10.1. The highest BCUT2D eigenvalue weighted by Gasteiger charge is 2.00. The predicted octanol–water partition coefficient (Wildman–Crippen LogP) is 2.16.